The minimum absolute atomic E-state index is 0.279. The normalized spacial score (nSPS) is 11.4. The maximum atomic E-state index is 13.2. The van der Waals surface area contributed by atoms with Gasteiger partial charge in [-0.3, -0.25) is 4.57 Å². The third kappa shape index (κ3) is 6.49. The molecule has 0 saturated carbocycles. The summed E-state index contributed by atoms with van der Waals surface area (Å²) in [6, 6.07) is 3.37. The molecule has 0 radical (unpaired) electrons. The Hall–Kier alpha value is -1.23. The van der Waals surface area contributed by atoms with Gasteiger partial charge in [-0.1, -0.05) is 20.8 Å². The Morgan fingerprint density at radius 2 is 1.15 bits per heavy atom. The summed E-state index contributed by atoms with van der Waals surface area (Å²) in [5.74, 6) is 1.55. The first-order valence-corrected chi connectivity index (χ1v) is 11.1. The minimum atomic E-state index is -3.45. The first-order valence-electron chi connectivity index (χ1n) is 9.52. The van der Waals surface area contributed by atoms with E-state index in [1.54, 1.807) is 26.0 Å². The Morgan fingerprint density at radius 1 is 0.731 bits per heavy atom. The van der Waals surface area contributed by atoms with Crippen LogP contribution in [-0.4, -0.2) is 33.0 Å². The molecule has 1 aromatic carbocycles. The first kappa shape index (κ1) is 22.8. The molecule has 26 heavy (non-hydrogen) atoms. The highest BCUT2D eigenvalue weighted by Crippen LogP contribution is 2.50. The highest BCUT2D eigenvalue weighted by molar-refractivity contribution is 7.62. The van der Waals surface area contributed by atoms with Crippen LogP contribution < -0.4 is 19.5 Å². The second kappa shape index (κ2) is 12.2. The zero-order valence-corrected chi connectivity index (χ0v) is 17.6. The average Bonchev–Trinajstić information content (AvgIpc) is 2.63. The Kier molecular flexibility index (Phi) is 10.7. The Morgan fingerprint density at radius 3 is 1.54 bits per heavy atom. The van der Waals surface area contributed by atoms with Crippen molar-refractivity contribution in [3.05, 3.63) is 12.1 Å². The monoisotopic (exact) mass is 388 g/mol. The number of ether oxygens (including phenoxy) is 3. The topological polar surface area (TPSA) is 63.2 Å². The van der Waals surface area contributed by atoms with Gasteiger partial charge < -0.3 is 23.3 Å². The molecule has 0 heterocycles. The number of hydrogen-bond donors (Lipinski definition) is 0. The van der Waals surface area contributed by atoms with E-state index in [2.05, 4.69) is 0 Å². The second-order valence-corrected chi connectivity index (χ2v) is 7.68. The van der Waals surface area contributed by atoms with E-state index >= 15 is 0 Å². The van der Waals surface area contributed by atoms with Crippen LogP contribution in [0.4, 0.5) is 0 Å². The van der Waals surface area contributed by atoms with Gasteiger partial charge in [-0.15, -0.1) is 0 Å². The molecule has 150 valence electrons. The van der Waals surface area contributed by atoms with Crippen molar-refractivity contribution < 1.29 is 27.8 Å². The zero-order chi connectivity index (χ0) is 19.4. The predicted molar refractivity (Wildman–Crippen MR) is 104 cm³/mol. The lowest BCUT2D eigenvalue weighted by molar-refractivity contribution is 0.228. The van der Waals surface area contributed by atoms with E-state index in [0.717, 1.165) is 19.3 Å². The molecule has 7 heteroatoms. The molecule has 0 spiro atoms. The van der Waals surface area contributed by atoms with Crippen LogP contribution in [0.5, 0.6) is 17.2 Å². The summed E-state index contributed by atoms with van der Waals surface area (Å²) < 4.78 is 41.7. The summed E-state index contributed by atoms with van der Waals surface area (Å²) in [5, 5.41) is 0.419. The third-order valence-electron chi connectivity index (χ3n) is 3.29. The van der Waals surface area contributed by atoms with E-state index in [-0.39, 0.29) is 13.2 Å². The molecule has 6 nitrogen and oxygen atoms in total. The molecule has 0 unspecified atom stereocenters. The van der Waals surface area contributed by atoms with Gasteiger partial charge in [0.25, 0.3) is 0 Å². The quantitative estimate of drug-likeness (QED) is 0.421. The van der Waals surface area contributed by atoms with Gasteiger partial charge in [-0.25, -0.2) is 0 Å². The van der Waals surface area contributed by atoms with Gasteiger partial charge in [-0.2, -0.15) is 0 Å². The van der Waals surface area contributed by atoms with E-state index in [9.17, 15) is 4.57 Å². The van der Waals surface area contributed by atoms with Gasteiger partial charge in [0.15, 0.2) is 11.5 Å². The highest BCUT2D eigenvalue weighted by Gasteiger charge is 2.30. The van der Waals surface area contributed by atoms with E-state index < -0.39 is 7.60 Å². The van der Waals surface area contributed by atoms with Gasteiger partial charge in [0.05, 0.1) is 38.3 Å². The van der Waals surface area contributed by atoms with Crippen molar-refractivity contribution in [2.75, 3.05) is 33.0 Å². The molecule has 0 aliphatic heterocycles. The third-order valence-corrected chi connectivity index (χ3v) is 5.38. The van der Waals surface area contributed by atoms with Crippen LogP contribution in [0.2, 0.25) is 0 Å². The van der Waals surface area contributed by atoms with Crippen LogP contribution in [0.3, 0.4) is 0 Å². The molecule has 0 amide bonds. The average molecular weight is 388 g/mol. The molecule has 1 rings (SSSR count). The predicted octanol–water partition coefficient (Wildman–Crippen LogP) is 4.94. The highest BCUT2D eigenvalue weighted by atomic mass is 31.2. The van der Waals surface area contributed by atoms with Gasteiger partial charge in [0, 0.05) is 0 Å². The fourth-order valence-corrected chi connectivity index (χ4v) is 3.84. The Bertz CT molecular complexity index is 536. The number of benzene rings is 1. The van der Waals surface area contributed by atoms with Crippen LogP contribution in [0.15, 0.2) is 12.1 Å². The lowest BCUT2D eigenvalue weighted by Gasteiger charge is -2.22. The number of rotatable bonds is 14. The van der Waals surface area contributed by atoms with Gasteiger partial charge >= 0.3 is 7.60 Å². The van der Waals surface area contributed by atoms with Crippen molar-refractivity contribution in [1.82, 2.24) is 0 Å². The maximum Gasteiger partial charge on any atom is 0.361 e. The number of hydrogen-bond acceptors (Lipinski definition) is 6. The van der Waals surface area contributed by atoms with Crippen LogP contribution in [0.25, 0.3) is 0 Å². The molecular formula is C19H33O6P. The molecule has 0 saturated heterocycles. The molecule has 0 aliphatic carbocycles. The summed E-state index contributed by atoms with van der Waals surface area (Å²) in [4.78, 5) is 0. The lowest BCUT2D eigenvalue weighted by Crippen LogP contribution is -2.14. The summed E-state index contributed by atoms with van der Waals surface area (Å²) >= 11 is 0. The van der Waals surface area contributed by atoms with Crippen LogP contribution in [-0.2, 0) is 13.6 Å². The molecule has 0 atom stereocenters. The van der Waals surface area contributed by atoms with E-state index in [1.807, 2.05) is 20.8 Å². The molecule has 0 fully saturated rings. The molecule has 0 aromatic heterocycles. The standard InChI is InChI=1S/C19H33O6P/c1-6-11-21-17-14-16(26(20,24-9-4)25-10-5)15-18(22-12-7-2)19(17)23-13-8-3/h14-15H,6-13H2,1-5H3. The van der Waals surface area contributed by atoms with Crippen molar-refractivity contribution in [2.45, 2.75) is 53.9 Å². The summed E-state index contributed by atoms with van der Waals surface area (Å²) in [5.41, 5.74) is 0. The summed E-state index contributed by atoms with van der Waals surface area (Å²) in [6.07, 6.45) is 2.55. The van der Waals surface area contributed by atoms with Crippen LogP contribution in [0.1, 0.15) is 53.9 Å². The lowest BCUT2D eigenvalue weighted by atomic mass is 10.3. The smallest absolute Gasteiger partial charge is 0.361 e. The molecule has 0 aliphatic rings. The first-order chi connectivity index (χ1) is 12.6. The van der Waals surface area contributed by atoms with Gasteiger partial charge in [0.1, 0.15) is 0 Å². The van der Waals surface area contributed by atoms with E-state index in [0.29, 0.717) is 42.4 Å². The van der Waals surface area contributed by atoms with E-state index in [4.69, 9.17) is 23.3 Å². The zero-order valence-electron chi connectivity index (χ0n) is 16.7. The molecule has 0 bridgehead atoms. The van der Waals surface area contributed by atoms with Crippen molar-refractivity contribution in [1.29, 1.82) is 0 Å². The SMILES string of the molecule is CCCOc1cc(P(=O)(OCC)OCC)cc(OCCC)c1OCCC. The fraction of sp³-hybridized carbons (Fsp3) is 0.684. The fourth-order valence-electron chi connectivity index (χ4n) is 2.23. The second-order valence-electron chi connectivity index (χ2n) is 5.65. The van der Waals surface area contributed by atoms with Gasteiger partial charge in [0.2, 0.25) is 5.75 Å². The van der Waals surface area contributed by atoms with E-state index in [1.165, 1.54) is 0 Å². The van der Waals surface area contributed by atoms with Crippen molar-refractivity contribution in [2.24, 2.45) is 0 Å². The van der Waals surface area contributed by atoms with Crippen LogP contribution in [0, 0.1) is 0 Å². The molecule has 1 aromatic rings. The Labute approximate surface area is 157 Å². The Balaban J connectivity index is 3.43. The van der Waals surface area contributed by atoms with Gasteiger partial charge in [-0.05, 0) is 45.2 Å². The maximum absolute atomic E-state index is 13.2. The van der Waals surface area contributed by atoms with Crippen molar-refractivity contribution >= 4 is 12.9 Å². The molecular weight excluding hydrogens is 355 g/mol. The van der Waals surface area contributed by atoms with Crippen molar-refractivity contribution in [3.63, 3.8) is 0 Å². The largest absolute Gasteiger partial charge is 0.490 e. The van der Waals surface area contributed by atoms with Crippen molar-refractivity contribution in [3.8, 4) is 17.2 Å². The summed E-state index contributed by atoms with van der Waals surface area (Å²) in [7, 11) is -3.45. The molecule has 0 N–H and O–H groups in total. The minimum Gasteiger partial charge on any atom is -0.490 e. The summed E-state index contributed by atoms with van der Waals surface area (Å²) in [6.45, 7) is 11.8. The van der Waals surface area contributed by atoms with Crippen LogP contribution >= 0.6 is 7.60 Å².